The summed E-state index contributed by atoms with van der Waals surface area (Å²) in [5.41, 5.74) is 2.57. The van der Waals surface area contributed by atoms with Crippen LogP contribution in [0.4, 0.5) is 13.2 Å². The van der Waals surface area contributed by atoms with Crippen LogP contribution in [0.5, 0.6) is 5.75 Å². The average molecular weight is 587 g/mol. The molecule has 12 heteroatoms. The van der Waals surface area contributed by atoms with E-state index in [9.17, 15) is 31.5 Å². The number of carboxylic acids is 1. The van der Waals surface area contributed by atoms with E-state index in [1.807, 2.05) is 26.0 Å². The van der Waals surface area contributed by atoms with E-state index in [1.165, 1.54) is 24.2 Å². The third-order valence-electron chi connectivity index (χ3n) is 6.96. The molecule has 0 aliphatic heterocycles. The normalized spacial score (nSPS) is 15.3. The maximum absolute atomic E-state index is 13.2. The van der Waals surface area contributed by atoms with Crippen LogP contribution in [-0.4, -0.2) is 67.0 Å². The predicted octanol–water partition coefficient (Wildman–Crippen LogP) is 4.15. The number of aliphatic hydroxyl groups excluding tert-OH is 1. The number of likely N-dealkylation sites (N-methyl/N-ethyl adjacent to an activating group) is 1. The summed E-state index contributed by atoms with van der Waals surface area (Å²) in [6.07, 6.45) is -3.36. The Kier molecular flexibility index (Phi) is 10.3. The van der Waals surface area contributed by atoms with Crippen LogP contribution in [0.2, 0.25) is 0 Å². The second-order valence-electron chi connectivity index (χ2n) is 11.1. The van der Waals surface area contributed by atoms with Crippen molar-refractivity contribution in [1.82, 2.24) is 9.62 Å². The number of sulfonamides is 1. The molecule has 2 aromatic carbocycles. The maximum Gasteiger partial charge on any atom is 0.573 e. The molecule has 0 fully saturated rings. The van der Waals surface area contributed by atoms with Crippen molar-refractivity contribution >= 4 is 16.0 Å². The number of hydrogen-bond acceptors (Lipinski definition) is 6. The van der Waals surface area contributed by atoms with E-state index < -0.39 is 39.1 Å². The minimum atomic E-state index is -5.04. The Hall–Kier alpha value is -2.67. The van der Waals surface area contributed by atoms with E-state index in [1.54, 1.807) is 0 Å². The third-order valence-corrected chi connectivity index (χ3v) is 8.76. The van der Waals surface area contributed by atoms with E-state index in [4.69, 9.17) is 5.11 Å². The highest BCUT2D eigenvalue weighted by atomic mass is 32.2. The molecule has 0 heterocycles. The lowest BCUT2D eigenvalue weighted by atomic mass is 9.88. The molecule has 0 saturated carbocycles. The quantitative estimate of drug-likeness (QED) is 0.305. The number of aryl methyl sites for hydroxylation is 1. The molecule has 1 unspecified atom stereocenters. The number of fused-ring (bicyclic) bond motifs is 1. The van der Waals surface area contributed by atoms with Gasteiger partial charge in [-0.05, 0) is 80.7 Å². The number of rotatable bonds is 14. The highest BCUT2D eigenvalue weighted by Gasteiger charge is 2.33. The maximum atomic E-state index is 13.2. The molecule has 3 N–H and O–H groups in total. The van der Waals surface area contributed by atoms with E-state index in [0.29, 0.717) is 5.92 Å². The molecule has 1 atom stereocenters. The smallest absolute Gasteiger partial charge is 0.481 e. The Bertz CT molecular complexity index is 1260. The molecule has 0 bridgehead atoms. The molecule has 0 saturated heterocycles. The van der Waals surface area contributed by atoms with Crippen LogP contribution in [0.15, 0.2) is 47.4 Å². The standard InChI is InChI=1S/C28H37F3N2O6S/c1-27(2,16-20-11-21-8-4-5-9-22(21)12-20)32-17-23(34)18-33(3)40(37,38)25-14-19(7-6-10-26(35)36)13-24(15-25)39-28(29,30)31/h4-5,8-9,13-15,20,23,32,34H,6-7,10-12,16-18H2,1-3H3,(H,35,36). The molecule has 222 valence electrons. The van der Waals surface area contributed by atoms with Crippen LogP contribution in [0.25, 0.3) is 0 Å². The fourth-order valence-corrected chi connectivity index (χ4v) is 6.48. The van der Waals surface area contributed by atoms with E-state index in [-0.39, 0.29) is 43.5 Å². The molecular formula is C28H37F3N2O6S. The fraction of sp³-hybridized carbons (Fsp3) is 0.536. The highest BCUT2D eigenvalue weighted by molar-refractivity contribution is 7.89. The van der Waals surface area contributed by atoms with Crippen LogP contribution in [0.1, 0.15) is 49.8 Å². The summed E-state index contributed by atoms with van der Waals surface area (Å²) in [7, 11) is -3.06. The zero-order valence-electron chi connectivity index (χ0n) is 22.9. The first-order valence-corrected chi connectivity index (χ1v) is 14.6. The van der Waals surface area contributed by atoms with Crippen molar-refractivity contribution in [3.63, 3.8) is 0 Å². The first-order valence-electron chi connectivity index (χ1n) is 13.1. The minimum absolute atomic E-state index is 0.0430. The lowest BCUT2D eigenvalue weighted by Gasteiger charge is -2.31. The van der Waals surface area contributed by atoms with Crippen molar-refractivity contribution in [2.45, 2.75) is 75.3 Å². The van der Waals surface area contributed by atoms with Crippen LogP contribution in [0.3, 0.4) is 0 Å². The van der Waals surface area contributed by atoms with E-state index in [2.05, 4.69) is 22.2 Å². The van der Waals surface area contributed by atoms with Gasteiger partial charge in [0.15, 0.2) is 0 Å². The van der Waals surface area contributed by atoms with Crippen molar-refractivity contribution < 1.29 is 41.3 Å². The number of ether oxygens (including phenoxy) is 1. The number of hydrogen-bond donors (Lipinski definition) is 3. The summed E-state index contributed by atoms with van der Waals surface area (Å²) in [6.45, 7) is 3.88. The van der Waals surface area contributed by atoms with Crippen LogP contribution in [0, 0.1) is 5.92 Å². The van der Waals surface area contributed by atoms with Crippen LogP contribution >= 0.6 is 0 Å². The molecule has 0 aromatic heterocycles. The average Bonchev–Trinajstić information content (AvgIpc) is 3.23. The molecule has 1 aliphatic carbocycles. The van der Waals surface area contributed by atoms with Crippen molar-refractivity contribution in [2.75, 3.05) is 20.1 Å². The van der Waals surface area contributed by atoms with Crippen molar-refractivity contribution in [3.05, 3.63) is 59.2 Å². The van der Waals surface area contributed by atoms with Gasteiger partial charge in [-0.25, -0.2) is 8.42 Å². The molecule has 0 spiro atoms. The zero-order chi connectivity index (χ0) is 29.7. The molecular weight excluding hydrogens is 549 g/mol. The van der Waals surface area contributed by atoms with Gasteiger partial charge < -0.3 is 20.3 Å². The minimum Gasteiger partial charge on any atom is -0.481 e. The van der Waals surface area contributed by atoms with Crippen molar-refractivity contribution in [3.8, 4) is 5.75 Å². The molecule has 0 amide bonds. The Morgan fingerprint density at radius 2 is 1.77 bits per heavy atom. The summed E-state index contributed by atoms with van der Waals surface area (Å²) < 4.78 is 69.9. The number of benzene rings is 2. The van der Waals surface area contributed by atoms with Gasteiger partial charge in [0.2, 0.25) is 10.0 Å². The van der Waals surface area contributed by atoms with Gasteiger partial charge in [-0.3, -0.25) is 4.79 Å². The fourth-order valence-electron chi connectivity index (χ4n) is 5.18. The summed E-state index contributed by atoms with van der Waals surface area (Å²) in [6, 6.07) is 11.4. The first-order chi connectivity index (χ1) is 18.5. The molecule has 1 aliphatic rings. The molecule has 2 aromatic rings. The van der Waals surface area contributed by atoms with Gasteiger partial charge in [-0.1, -0.05) is 24.3 Å². The van der Waals surface area contributed by atoms with Gasteiger partial charge in [0.25, 0.3) is 0 Å². The Morgan fingerprint density at radius 1 is 1.15 bits per heavy atom. The topological polar surface area (TPSA) is 116 Å². The Labute approximate surface area is 233 Å². The van der Waals surface area contributed by atoms with Crippen molar-refractivity contribution in [1.29, 1.82) is 0 Å². The number of aliphatic carboxylic acids is 1. The van der Waals surface area contributed by atoms with E-state index in [0.717, 1.165) is 35.7 Å². The lowest BCUT2D eigenvalue weighted by Crippen LogP contribution is -2.47. The molecule has 0 radical (unpaired) electrons. The van der Waals surface area contributed by atoms with Gasteiger partial charge in [-0.15, -0.1) is 13.2 Å². The second kappa shape index (κ2) is 12.9. The van der Waals surface area contributed by atoms with Crippen LogP contribution in [-0.2, 0) is 34.1 Å². The van der Waals surface area contributed by atoms with Gasteiger partial charge in [-0.2, -0.15) is 4.31 Å². The van der Waals surface area contributed by atoms with Gasteiger partial charge in [0.1, 0.15) is 5.75 Å². The second-order valence-corrected chi connectivity index (χ2v) is 13.1. The van der Waals surface area contributed by atoms with Gasteiger partial charge in [0.05, 0.1) is 11.0 Å². The number of carbonyl (C=O) groups is 1. The monoisotopic (exact) mass is 586 g/mol. The number of aliphatic hydroxyl groups is 1. The summed E-state index contributed by atoms with van der Waals surface area (Å²) in [4.78, 5) is 10.4. The number of nitrogens with one attached hydrogen (secondary N) is 1. The highest BCUT2D eigenvalue weighted by Crippen LogP contribution is 2.32. The number of nitrogens with zero attached hydrogens (tertiary/aromatic N) is 1. The zero-order valence-corrected chi connectivity index (χ0v) is 23.7. The largest absolute Gasteiger partial charge is 0.573 e. The first kappa shape index (κ1) is 31.9. The number of alkyl halides is 3. The third kappa shape index (κ3) is 9.46. The number of carboxylic acid groups (broad SMARTS) is 1. The molecule has 3 rings (SSSR count). The molecule has 8 nitrogen and oxygen atoms in total. The predicted molar refractivity (Wildman–Crippen MR) is 144 cm³/mol. The summed E-state index contributed by atoms with van der Waals surface area (Å²) in [5, 5.41) is 22.8. The van der Waals surface area contributed by atoms with Crippen LogP contribution < -0.4 is 10.1 Å². The van der Waals surface area contributed by atoms with Crippen molar-refractivity contribution in [2.24, 2.45) is 5.92 Å². The summed E-state index contributed by atoms with van der Waals surface area (Å²) in [5.74, 6) is -1.34. The number of β-amino-alcohol motifs (C(OH)–C–C–N with tert-alkyl or cyclic N) is 1. The van der Waals surface area contributed by atoms with Gasteiger partial charge >= 0.3 is 12.3 Å². The number of halogens is 3. The SMILES string of the molecule is CN(CC(O)CNC(C)(C)CC1Cc2ccccc2C1)S(=O)(=O)c1cc(CCCC(=O)O)cc(OC(F)(F)F)c1. The molecule has 40 heavy (non-hydrogen) atoms. The Balaban J connectivity index is 1.62. The summed E-state index contributed by atoms with van der Waals surface area (Å²) >= 11 is 0. The van der Waals surface area contributed by atoms with E-state index >= 15 is 0 Å². The lowest BCUT2D eigenvalue weighted by molar-refractivity contribution is -0.274. The Morgan fingerprint density at radius 3 is 2.35 bits per heavy atom. The van der Waals surface area contributed by atoms with Gasteiger partial charge in [0, 0.05) is 38.2 Å².